The maximum absolute atomic E-state index is 13.0. The van der Waals surface area contributed by atoms with Gasteiger partial charge in [-0.2, -0.15) is 0 Å². The smallest absolute Gasteiger partial charge is 0.258 e. The summed E-state index contributed by atoms with van der Waals surface area (Å²) in [5.41, 5.74) is 3.63. The van der Waals surface area contributed by atoms with Crippen LogP contribution in [0.15, 0.2) is 47.3 Å². The number of benzene rings is 2. The number of amides is 1. The molecule has 0 saturated heterocycles. The molecule has 134 valence electrons. The van der Waals surface area contributed by atoms with E-state index >= 15 is 0 Å². The fraction of sp³-hybridized carbons (Fsp3) is 0.238. The number of pyridine rings is 1. The number of hydrogen-bond acceptors (Lipinski definition) is 2. The lowest BCUT2D eigenvalue weighted by Crippen LogP contribution is -2.22. The molecule has 0 spiro atoms. The molecule has 0 aliphatic carbocycles. The molecule has 0 aliphatic heterocycles. The first kappa shape index (κ1) is 18.2. The molecule has 0 aliphatic rings. The number of nitrogens with one attached hydrogen (secondary N) is 1. The lowest BCUT2D eigenvalue weighted by Gasteiger charge is -2.18. The van der Waals surface area contributed by atoms with Gasteiger partial charge in [0.05, 0.1) is 5.69 Å². The van der Waals surface area contributed by atoms with Crippen molar-refractivity contribution in [3.63, 3.8) is 0 Å². The summed E-state index contributed by atoms with van der Waals surface area (Å²) in [6, 6.07) is 13.3. The van der Waals surface area contributed by atoms with Crippen molar-refractivity contribution in [1.29, 1.82) is 0 Å². The van der Waals surface area contributed by atoms with Gasteiger partial charge in [0.2, 0.25) is 5.91 Å². The van der Waals surface area contributed by atoms with E-state index in [0.29, 0.717) is 23.3 Å². The van der Waals surface area contributed by atoms with Crippen LogP contribution in [0.1, 0.15) is 17.5 Å². The SMILES string of the molecule is CNC(=O)CCc1c(-c2cccc(Cl)c2)n(C)c(=O)c2cc(C)ccc12. The highest BCUT2D eigenvalue weighted by molar-refractivity contribution is 6.30. The summed E-state index contributed by atoms with van der Waals surface area (Å²) in [5, 5.41) is 4.82. The van der Waals surface area contributed by atoms with Crippen molar-refractivity contribution in [2.75, 3.05) is 7.05 Å². The van der Waals surface area contributed by atoms with Crippen molar-refractivity contribution in [3.8, 4) is 11.3 Å². The number of halogens is 1. The summed E-state index contributed by atoms with van der Waals surface area (Å²) in [5.74, 6) is -0.0313. The van der Waals surface area contributed by atoms with Crippen molar-refractivity contribution in [2.24, 2.45) is 7.05 Å². The first-order chi connectivity index (χ1) is 12.4. The van der Waals surface area contributed by atoms with Gasteiger partial charge in [-0.1, -0.05) is 41.4 Å². The van der Waals surface area contributed by atoms with E-state index in [1.807, 2.05) is 43.3 Å². The Morgan fingerprint density at radius 1 is 1.15 bits per heavy atom. The third-order valence-electron chi connectivity index (χ3n) is 4.64. The molecule has 0 fully saturated rings. The van der Waals surface area contributed by atoms with E-state index < -0.39 is 0 Å². The monoisotopic (exact) mass is 368 g/mol. The molecule has 1 amide bonds. The zero-order valence-corrected chi connectivity index (χ0v) is 15.9. The highest BCUT2D eigenvalue weighted by Crippen LogP contribution is 2.31. The van der Waals surface area contributed by atoms with E-state index in [1.54, 1.807) is 24.7 Å². The molecule has 0 unspecified atom stereocenters. The highest BCUT2D eigenvalue weighted by Gasteiger charge is 2.17. The number of nitrogens with zero attached hydrogens (tertiary/aromatic N) is 1. The molecule has 5 heteroatoms. The van der Waals surface area contributed by atoms with Gasteiger partial charge in [-0.05, 0) is 48.1 Å². The van der Waals surface area contributed by atoms with E-state index in [1.165, 1.54) is 0 Å². The van der Waals surface area contributed by atoms with Gasteiger partial charge >= 0.3 is 0 Å². The predicted molar refractivity (Wildman–Crippen MR) is 107 cm³/mol. The maximum Gasteiger partial charge on any atom is 0.258 e. The molecule has 0 radical (unpaired) electrons. The minimum absolute atomic E-state index is 0.0313. The van der Waals surface area contributed by atoms with Crippen LogP contribution in [0.4, 0.5) is 0 Å². The summed E-state index contributed by atoms with van der Waals surface area (Å²) in [7, 11) is 3.39. The number of aromatic nitrogens is 1. The number of carbonyl (C=O) groups is 1. The Morgan fingerprint density at radius 3 is 2.62 bits per heavy atom. The molecule has 26 heavy (non-hydrogen) atoms. The Morgan fingerprint density at radius 2 is 1.92 bits per heavy atom. The summed E-state index contributed by atoms with van der Waals surface area (Å²) < 4.78 is 1.66. The average Bonchev–Trinajstić information content (AvgIpc) is 2.63. The second kappa shape index (κ2) is 7.34. The normalized spacial score (nSPS) is 10.9. The molecule has 4 nitrogen and oxygen atoms in total. The summed E-state index contributed by atoms with van der Waals surface area (Å²) in [6.07, 6.45) is 0.889. The maximum atomic E-state index is 13.0. The Balaban J connectivity index is 2.34. The molecule has 2 aromatic carbocycles. The lowest BCUT2D eigenvalue weighted by molar-refractivity contribution is -0.120. The van der Waals surface area contributed by atoms with Gasteiger partial charge in [-0.3, -0.25) is 9.59 Å². The molecule has 3 rings (SSSR count). The van der Waals surface area contributed by atoms with Crippen LogP contribution in [0.3, 0.4) is 0 Å². The molecule has 0 atom stereocenters. The van der Waals surface area contributed by atoms with Crippen LogP contribution >= 0.6 is 11.6 Å². The van der Waals surface area contributed by atoms with Gasteiger partial charge in [-0.25, -0.2) is 0 Å². The van der Waals surface area contributed by atoms with Crippen molar-refractivity contribution in [3.05, 3.63) is 69.0 Å². The number of aryl methyl sites for hydroxylation is 2. The van der Waals surface area contributed by atoms with Gasteiger partial charge in [0.25, 0.3) is 5.56 Å². The van der Waals surface area contributed by atoms with Gasteiger partial charge in [0, 0.05) is 30.9 Å². The minimum atomic E-state index is -0.0534. The van der Waals surface area contributed by atoms with Crippen molar-refractivity contribution < 1.29 is 4.79 Å². The van der Waals surface area contributed by atoms with E-state index in [4.69, 9.17) is 11.6 Å². The predicted octanol–water partition coefficient (Wildman–Crippen LogP) is 3.85. The second-order valence-corrected chi connectivity index (χ2v) is 6.86. The van der Waals surface area contributed by atoms with Crippen LogP contribution in [0.25, 0.3) is 22.0 Å². The molecular weight excluding hydrogens is 348 g/mol. The molecule has 1 heterocycles. The van der Waals surface area contributed by atoms with Gasteiger partial charge < -0.3 is 9.88 Å². The molecule has 0 bridgehead atoms. The van der Waals surface area contributed by atoms with Crippen molar-refractivity contribution in [1.82, 2.24) is 9.88 Å². The molecule has 0 saturated carbocycles. The quantitative estimate of drug-likeness (QED) is 0.760. The van der Waals surface area contributed by atoms with E-state index in [9.17, 15) is 9.59 Å². The van der Waals surface area contributed by atoms with Crippen LogP contribution in [-0.2, 0) is 18.3 Å². The average molecular weight is 369 g/mol. The zero-order valence-electron chi connectivity index (χ0n) is 15.1. The van der Waals surface area contributed by atoms with Gasteiger partial charge in [0.15, 0.2) is 0 Å². The lowest BCUT2D eigenvalue weighted by atomic mass is 9.95. The van der Waals surface area contributed by atoms with Crippen LogP contribution in [0.2, 0.25) is 5.02 Å². The van der Waals surface area contributed by atoms with E-state index in [0.717, 1.165) is 27.8 Å². The summed E-state index contributed by atoms with van der Waals surface area (Å²) in [4.78, 5) is 24.8. The number of hydrogen-bond donors (Lipinski definition) is 1. The van der Waals surface area contributed by atoms with Gasteiger partial charge in [0.1, 0.15) is 0 Å². The Hall–Kier alpha value is -2.59. The summed E-state index contributed by atoms with van der Waals surface area (Å²) in [6.45, 7) is 1.97. The van der Waals surface area contributed by atoms with Crippen LogP contribution in [0.5, 0.6) is 0 Å². The Labute approximate surface area is 157 Å². The zero-order chi connectivity index (χ0) is 18.8. The standard InChI is InChI=1S/C21H21ClN2O2/c1-13-7-8-16-17(9-10-19(25)23-2)20(14-5-4-6-15(22)12-14)24(3)21(26)18(16)11-13/h4-8,11-12H,9-10H2,1-3H3,(H,23,25). The minimum Gasteiger partial charge on any atom is -0.359 e. The van der Waals surface area contributed by atoms with E-state index in [-0.39, 0.29) is 11.5 Å². The third-order valence-corrected chi connectivity index (χ3v) is 4.87. The second-order valence-electron chi connectivity index (χ2n) is 6.42. The highest BCUT2D eigenvalue weighted by atomic mass is 35.5. The van der Waals surface area contributed by atoms with Crippen LogP contribution in [-0.4, -0.2) is 17.5 Å². The van der Waals surface area contributed by atoms with Crippen LogP contribution in [0, 0.1) is 6.92 Å². The number of fused-ring (bicyclic) bond motifs is 1. The number of rotatable bonds is 4. The van der Waals surface area contributed by atoms with Crippen molar-refractivity contribution >= 4 is 28.3 Å². The van der Waals surface area contributed by atoms with Crippen molar-refractivity contribution in [2.45, 2.75) is 19.8 Å². The molecule has 1 N–H and O–H groups in total. The van der Waals surface area contributed by atoms with Crippen LogP contribution < -0.4 is 10.9 Å². The van der Waals surface area contributed by atoms with Gasteiger partial charge in [-0.15, -0.1) is 0 Å². The molecule has 3 aromatic rings. The fourth-order valence-electron chi connectivity index (χ4n) is 3.33. The third kappa shape index (κ3) is 3.37. The fourth-order valence-corrected chi connectivity index (χ4v) is 3.52. The number of carbonyl (C=O) groups excluding carboxylic acids is 1. The Bertz CT molecular complexity index is 1050. The summed E-state index contributed by atoms with van der Waals surface area (Å²) >= 11 is 6.18. The topological polar surface area (TPSA) is 51.1 Å². The molecular formula is C21H21ClN2O2. The molecule has 1 aromatic heterocycles. The van der Waals surface area contributed by atoms with E-state index in [2.05, 4.69) is 5.32 Å². The first-order valence-corrected chi connectivity index (χ1v) is 8.89. The first-order valence-electron chi connectivity index (χ1n) is 8.51. The largest absolute Gasteiger partial charge is 0.359 e. The Kier molecular flexibility index (Phi) is 5.14.